The summed E-state index contributed by atoms with van der Waals surface area (Å²) in [5.41, 5.74) is 3.41. The molecule has 0 fully saturated rings. The smallest absolute Gasteiger partial charge is 0.340 e. The number of nitrogens with one attached hydrogen (secondary N) is 2. The highest BCUT2D eigenvalue weighted by molar-refractivity contribution is 6.00. The van der Waals surface area contributed by atoms with E-state index >= 15 is 0 Å². The Bertz CT molecular complexity index is 1400. The number of aliphatic carboxylic acids is 1. The minimum Gasteiger partial charge on any atom is -0.480 e. The van der Waals surface area contributed by atoms with Crippen molar-refractivity contribution in [3.8, 4) is 0 Å². The summed E-state index contributed by atoms with van der Waals surface area (Å²) in [4.78, 5) is 48.7. The van der Waals surface area contributed by atoms with Crippen molar-refractivity contribution < 1.29 is 28.3 Å². The summed E-state index contributed by atoms with van der Waals surface area (Å²) in [6, 6.07) is 0.930. The molecule has 2 aromatic heterocycles. The summed E-state index contributed by atoms with van der Waals surface area (Å²) < 4.78 is 11.8. The second-order valence-corrected chi connectivity index (χ2v) is 9.54. The molecule has 0 spiro atoms. The number of carbonyl (C=O) groups excluding carboxylic acids is 2. The fraction of sp³-hybridized carbons (Fsp3) is 0.462. The van der Waals surface area contributed by atoms with Gasteiger partial charge in [-0.05, 0) is 50.7 Å². The molecule has 1 aliphatic rings. The molecule has 2 heterocycles. The Morgan fingerprint density at radius 2 is 1.69 bits per heavy atom. The highest BCUT2D eigenvalue weighted by Gasteiger charge is 2.25. The highest BCUT2D eigenvalue weighted by atomic mass is 16.4. The molecule has 0 saturated heterocycles. The van der Waals surface area contributed by atoms with Crippen LogP contribution in [0, 0.1) is 19.8 Å². The number of furan rings is 1. The molecule has 0 saturated carbocycles. The van der Waals surface area contributed by atoms with Crippen molar-refractivity contribution >= 4 is 39.7 Å². The molecule has 1 aromatic carbocycles. The van der Waals surface area contributed by atoms with Crippen LogP contribution in [0.3, 0.4) is 0 Å². The van der Waals surface area contributed by atoms with Crippen LogP contribution in [0.1, 0.15) is 54.7 Å². The molecule has 1 atom stereocenters. The van der Waals surface area contributed by atoms with Crippen LogP contribution in [0.25, 0.3) is 21.9 Å². The van der Waals surface area contributed by atoms with Crippen LogP contribution in [0.15, 0.2) is 19.7 Å². The van der Waals surface area contributed by atoms with Gasteiger partial charge in [0.05, 0.1) is 18.5 Å². The van der Waals surface area contributed by atoms with Crippen molar-refractivity contribution in [3.63, 3.8) is 0 Å². The van der Waals surface area contributed by atoms with Gasteiger partial charge in [0.1, 0.15) is 23.0 Å². The first-order valence-corrected chi connectivity index (χ1v) is 11.9. The normalized spacial score (nSPS) is 14.2. The maximum absolute atomic E-state index is 12.8. The zero-order valence-corrected chi connectivity index (χ0v) is 20.4. The molecule has 186 valence electrons. The van der Waals surface area contributed by atoms with Gasteiger partial charge in [0.25, 0.3) is 0 Å². The third-order valence-electron chi connectivity index (χ3n) is 6.76. The van der Waals surface area contributed by atoms with Gasteiger partial charge >= 0.3 is 11.6 Å². The van der Waals surface area contributed by atoms with Gasteiger partial charge < -0.3 is 24.6 Å². The molecule has 9 heteroatoms. The third-order valence-corrected chi connectivity index (χ3v) is 6.76. The Labute approximate surface area is 201 Å². The first-order chi connectivity index (χ1) is 16.6. The molecule has 2 amide bonds. The predicted molar refractivity (Wildman–Crippen MR) is 129 cm³/mol. The van der Waals surface area contributed by atoms with E-state index in [4.69, 9.17) is 8.83 Å². The molecular weight excluding hydrogens is 452 g/mol. The van der Waals surface area contributed by atoms with E-state index in [0.717, 1.165) is 53.4 Å². The average Bonchev–Trinajstić information content (AvgIpc) is 3.18. The number of hydrogen-bond acceptors (Lipinski definition) is 6. The third kappa shape index (κ3) is 4.67. The first kappa shape index (κ1) is 24.5. The SMILES string of the molecule is Cc1c(CC(=O)NCC(=O)NC(C(=O)O)C(C)C)c(=O)oc2c(C)c3oc4c(c3cc12)CCCC4. The fourth-order valence-corrected chi connectivity index (χ4v) is 4.76. The Hall–Kier alpha value is -3.62. The van der Waals surface area contributed by atoms with E-state index in [-0.39, 0.29) is 17.9 Å². The van der Waals surface area contributed by atoms with E-state index in [1.807, 2.05) is 13.0 Å². The number of carbonyl (C=O) groups is 3. The lowest BCUT2D eigenvalue weighted by Crippen LogP contribution is -2.48. The van der Waals surface area contributed by atoms with Gasteiger partial charge in [-0.2, -0.15) is 0 Å². The van der Waals surface area contributed by atoms with Crippen LogP contribution in [-0.2, 0) is 33.6 Å². The van der Waals surface area contributed by atoms with Crippen molar-refractivity contribution in [2.45, 2.75) is 65.8 Å². The summed E-state index contributed by atoms with van der Waals surface area (Å²) in [5.74, 6) is -1.63. The van der Waals surface area contributed by atoms with E-state index < -0.39 is 36.0 Å². The lowest BCUT2D eigenvalue weighted by atomic mass is 9.93. The standard InChI is InChI=1S/C26H30N2O7/c1-12(2)22(25(31)32)28-21(30)11-27-20(29)10-17-13(3)16-9-18-15-7-5-6-8-19(15)34-24(18)14(4)23(16)35-26(17)33/h9,12,22H,5-8,10-11H2,1-4H3,(H,27,29)(H,28,30)(H,31,32). The van der Waals surface area contributed by atoms with Gasteiger partial charge in [0, 0.05) is 28.3 Å². The van der Waals surface area contributed by atoms with Crippen LogP contribution < -0.4 is 16.3 Å². The lowest BCUT2D eigenvalue weighted by molar-refractivity contribution is -0.143. The molecule has 0 bridgehead atoms. The lowest BCUT2D eigenvalue weighted by Gasteiger charge is -2.18. The van der Waals surface area contributed by atoms with E-state index in [9.17, 15) is 24.3 Å². The number of aryl methyl sites for hydroxylation is 4. The van der Waals surface area contributed by atoms with Crippen molar-refractivity contribution in [1.82, 2.24) is 10.6 Å². The summed E-state index contributed by atoms with van der Waals surface area (Å²) in [6.45, 7) is 6.61. The second-order valence-electron chi connectivity index (χ2n) is 9.54. The zero-order chi connectivity index (χ0) is 25.4. The maximum Gasteiger partial charge on any atom is 0.340 e. The van der Waals surface area contributed by atoms with Crippen molar-refractivity contribution in [2.24, 2.45) is 5.92 Å². The summed E-state index contributed by atoms with van der Waals surface area (Å²) >= 11 is 0. The second kappa shape index (κ2) is 9.56. The minimum atomic E-state index is -1.15. The number of amides is 2. The topological polar surface area (TPSA) is 139 Å². The fourth-order valence-electron chi connectivity index (χ4n) is 4.76. The van der Waals surface area contributed by atoms with E-state index in [1.54, 1.807) is 20.8 Å². The minimum absolute atomic E-state index is 0.220. The first-order valence-electron chi connectivity index (χ1n) is 11.9. The van der Waals surface area contributed by atoms with E-state index in [1.165, 1.54) is 5.56 Å². The molecule has 4 rings (SSSR count). The number of carboxylic acid groups (broad SMARTS) is 1. The van der Waals surface area contributed by atoms with Crippen LogP contribution in [0.5, 0.6) is 0 Å². The van der Waals surface area contributed by atoms with Gasteiger partial charge in [-0.3, -0.25) is 9.59 Å². The van der Waals surface area contributed by atoms with E-state index in [2.05, 4.69) is 10.6 Å². The Balaban J connectivity index is 1.57. The molecule has 0 aliphatic heterocycles. The van der Waals surface area contributed by atoms with Crippen molar-refractivity contribution in [3.05, 3.63) is 44.5 Å². The van der Waals surface area contributed by atoms with Crippen LogP contribution in [0.2, 0.25) is 0 Å². The number of benzene rings is 1. The summed E-state index contributed by atoms with van der Waals surface area (Å²) in [6.07, 6.45) is 3.77. The quantitative estimate of drug-likeness (QED) is 0.440. The molecular formula is C26H30N2O7. The largest absolute Gasteiger partial charge is 0.480 e. The highest BCUT2D eigenvalue weighted by Crippen LogP contribution is 2.37. The molecule has 35 heavy (non-hydrogen) atoms. The molecule has 9 nitrogen and oxygen atoms in total. The van der Waals surface area contributed by atoms with Crippen molar-refractivity contribution in [1.29, 1.82) is 0 Å². The summed E-state index contributed by atoms with van der Waals surface area (Å²) in [7, 11) is 0. The average molecular weight is 483 g/mol. The number of hydrogen-bond donors (Lipinski definition) is 3. The van der Waals surface area contributed by atoms with Crippen molar-refractivity contribution in [2.75, 3.05) is 6.54 Å². The Morgan fingerprint density at radius 1 is 1.00 bits per heavy atom. The van der Waals surface area contributed by atoms with Gasteiger partial charge in [-0.15, -0.1) is 0 Å². The molecule has 1 aliphatic carbocycles. The number of carboxylic acids is 1. The monoisotopic (exact) mass is 482 g/mol. The van der Waals surface area contributed by atoms with Crippen LogP contribution in [-0.4, -0.2) is 35.5 Å². The number of fused-ring (bicyclic) bond motifs is 4. The van der Waals surface area contributed by atoms with E-state index in [0.29, 0.717) is 11.1 Å². The molecule has 1 unspecified atom stereocenters. The number of rotatable bonds is 7. The predicted octanol–water partition coefficient (Wildman–Crippen LogP) is 2.92. The Kier molecular flexibility index (Phi) is 6.69. The molecule has 0 radical (unpaired) electrons. The maximum atomic E-state index is 12.8. The van der Waals surface area contributed by atoms with Crippen LogP contribution >= 0.6 is 0 Å². The molecule has 3 aromatic rings. The Morgan fingerprint density at radius 3 is 2.37 bits per heavy atom. The summed E-state index contributed by atoms with van der Waals surface area (Å²) in [5, 5.41) is 15.8. The van der Waals surface area contributed by atoms with Gasteiger partial charge in [0.15, 0.2) is 0 Å². The zero-order valence-electron chi connectivity index (χ0n) is 20.4. The van der Waals surface area contributed by atoms with Gasteiger partial charge in [0.2, 0.25) is 11.8 Å². The van der Waals surface area contributed by atoms with Crippen LogP contribution in [0.4, 0.5) is 0 Å². The molecule has 3 N–H and O–H groups in total. The van der Waals surface area contributed by atoms with Gasteiger partial charge in [-0.25, -0.2) is 9.59 Å². The van der Waals surface area contributed by atoms with Gasteiger partial charge in [-0.1, -0.05) is 13.8 Å².